The maximum absolute atomic E-state index is 10.2. The van der Waals surface area contributed by atoms with Crippen molar-refractivity contribution in [2.45, 2.75) is 6.42 Å². The van der Waals surface area contributed by atoms with Crippen molar-refractivity contribution in [3.05, 3.63) is 35.9 Å². The summed E-state index contributed by atoms with van der Waals surface area (Å²) in [5.74, 6) is -0.786. The van der Waals surface area contributed by atoms with Gasteiger partial charge in [-0.25, -0.2) is 0 Å². The van der Waals surface area contributed by atoms with Gasteiger partial charge in [0.2, 0.25) is 0 Å². The second-order valence-electron chi connectivity index (χ2n) is 3.58. The van der Waals surface area contributed by atoms with Crippen molar-refractivity contribution >= 4 is 5.97 Å². The molecule has 0 radical (unpaired) electrons. The van der Waals surface area contributed by atoms with Crippen LogP contribution < -0.4 is 0 Å². The second-order valence-corrected chi connectivity index (χ2v) is 3.58. The molecule has 0 aliphatic heterocycles. The number of aliphatic carboxylic acids is 1. The molecule has 0 spiro atoms. The minimum Gasteiger partial charge on any atom is -0.481 e. The number of rotatable bonds is 4. The molecule has 4 heteroatoms. The van der Waals surface area contributed by atoms with E-state index in [-0.39, 0.29) is 13.0 Å². The van der Waals surface area contributed by atoms with Crippen molar-refractivity contribution in [1.82, 2.24) is 4.90 Å². The Balaban J connectivity index is 0.000000325. The SMILES string of the molecule is CN(C)CCO.O=C(O)Cc1ccccc1. The summed E-state index contributed by atoms with van der Waals surface area (Å²) in [4.78, 5) is 12.1. The van der Waals surface area contributed by atoms with E-state index < -0.39 is 5.97 Å². The Morgan fingerprint density at radius 2 is 1.81 bits per heavy atom. The van der Waals surface area contributed by atoms with Crippen LogP contribution in [0.4, 0.5) is 0 Å². The fraction of sp³-hybridized carbons (Fsp3) is 0.417. The Labute approximate surface area is 96.1 Å². The number of carboxylic acids is 1. The van der Waals surface area contributed by atoms with E-state index in [9.17, 15) is 4.79 Å². The van der Waals surface area contributed by atoms with Gasteiger partial charge in [0, 0.05) is 6.54 Å². The molecule has 0 saturated carbocycles. The highest BCUT2D eigenvalue weighted by Crippen LogP contribution is 1.98. The summed E-state index contributed by atoms with van der Waals surface area (Å²) in [5, 5.41) is 16.6. The highest BCUT2D eigenvalue weighted by atomic mass is 16.4. The Bertz CT molecular complexity index is 286. The highest BCUT2D eigenvalue weighted by Gasteiger charge is 1.96. The van der Waals surface area contributed by atoms with Gasteiger partial charge in [0.1, 0.15) is 0 Å². The molecular formula is C12H19NO3. The fourth-order valence-electron chi connectivity index (χ4n) is 0.970. The monoisotopic (exact) mass is 225 g/mol. The van der Waals surface area contributed by atoms with Gasteiger partial charge in [0.05, 0.1) is 13.0 Å². The molecular weight excluding hydrogens is 206 g/mol. The van der Waals surface area contributed by atoms with E-state index in [0.29, 0.717) is 0 Å². The van der Waals surface area contributed by atoms with E-state index in [1.807, 2.05) is 37.2 Å². The molecule has 0 amide bonds. The van der Waals surface area contributed by atoms with Crippen LogP contribution in [0.25, 0.3) is 0 Å². The van der Waals surface area contributed by atoms with E-state index in [4.69, 9.17) is 10.2 Å². The average molecular weight is 225 g/mol. The number of aliphatic hydroxyl groups excluding tert-OH is 1. The van der Waals surface area contributed by atoms with E-state index in [1.54, 1.807) is 12.1 Å². The zero-order valence-corrected chi connectivity index (χ0v) is 9.76. The van der Waals surface area contributed by atoms with Crippen LogP contribution in [-0.2, 0) is 11.2 Å². The summed E-state index contributed by atoms with van der Waals surface area (Å²) in [6, 6.07) is 9.13. The predicted octanol–water partition coefficient (Wildman–Crippen LogP) is 0.854. The van der Waals surface area contributed by atoms with Crippen molar-refractivity contribution in [3.8, 4) is 0 Å². The first-order valence-electron chi connectivity index (χ1n) is 5.07. The molecule has 0 aliphatic rings. The molecule has 0 unspecified atom stereocenters. The topological polar surface area (TPSA) is 60.8 Å². The first-order chi connectivity index (χ1) is 7.56. The number of carboxylic acid groups (broad SMARTS) is 1. The molecule has 0 saturated heterocycles. The third-order valence-electron chi connectivity index (χ3n) is 1.75. The quantitative estimate of drug-likeness (QED) is 0.797. The summed E-state index contributed by atoms with van der Waals surface area (Å²) in [7, 11) is 3.85. The lowest BCUT2D eigenvalue weighted by Crippen LogP contribution is -2.15. The maximum Gasteiger partial charge on any atom is 0.307 e. The van der Waals surface area contributed by atoms with Gasteiger partial charge in [-0.05, 0) is 19.7 Å². The molecule has 1 aromatic rings. The van der Waals surface area contributed by atoms with Gasteiger partial charge in [-0.15, -0.1) is 0 Å². The molecule has 16 heavy (non-hydrogen) atoms. The van der Waals surface area contributed by atoms with Crippen LogP contribution in [0.15, 0.2) is 30.3 Å². The summed E-state index contributed by atoms with van der Waals surface area (Å²) in [6.07, 6.45) is 0.112. The van der Waals surface area contributed by atoms with Gasteiger partial charge < -0.3 is 15.1 Å². The summed E-state index contributed by atoms with van der Waals surface area (Å²) in [6.45, 7) is 1.02. The third kappa shape index (κ3) is 9.18. The molecule has 0 heterocycles. The Morgan fingerprint density at radius 1 is 1.25 bits per heavy atom. The van der Waals surface area contributed by atoms with Gasteiger partial charge in [-0.3, -0.25) is 4.79 Å². The minimum absolute atomic E-state index is 0.112. The van der Waals surface area contributed by atoms with Crippen LogP contribution in [0.3, 0.4) is 0 Å². The molecule has 0 fully saturated rings. The Kier molecular flexibility index (Phi) is 8.11. The Hall–Kier alpha value is -1.39. The highest BCUT2D eigenvalue weighted by molar-refractivity contribution is 5.70. The largest absolute Gasteiger partial charge is 0.481 e. The second kappa shape index (κ2) is 8.88. The van der Waals surface area contributed by atoms with Crippen LogP contribution >= 0.6 is 0 Å². The molecule has 0 atom stereocenters. The molecule has 2 N–H and O–H groups in total. The summed E-state index contributed by atoms with van der Waals surface area (Å²) in [5.41, 5.74) is 0.843. The standard InChI is InChI=1S/C8H8O2.C4H11NO/c9-8(10)6-7-4-2-1-3-5-7;1-5(2)3-4-6/h1-5H,6H2,(H,9,10);6H,3-4H2,1-2H3. The lowest BCUT2D eigenvalue weighted by molar-refractivity contribution is -0.136. The number of benzene rings is 1. The molecule has 1 rings (SSSR count). The van der Waals surface area contributed by atoms with Gasteiger partial charge in [0.15, 0.2) is 0 Å². The molecule has 1 aromatic carbocycles. The van der Waals surface area contributed by atoms with E-state index in [1.165, 1.54) is 0 Å². The van der Waals surface area contributed by atoms with Crippen LogP contribution in [0.5, 0.6) is 0 Å². The summed E-state index contributed by atoms with van der Waals surface area (Å²) < 4.78 is 0. The summed E-state index contributed by atoms with van der Waals surface area (Å²) >= 11 is 0. The van der Waals surface area contributed by atoms with Crippen molar-refractivity contribution in [2.75, 3.05) is 27.2 Å². The van der Waals surface area contributed by atoms with Gasteiger partial charge in [-0.2, -0.15) is 0 Å². The zero-order valence-electron chi connectivity index (χ0n) is 9.76. The van der Waals surface area contributed by atoms with E-state index >= 15 is 0 Å². The van der Waals surface area contributed by atoms with Crippen LogP contribution in [0.2, 0.25) is 0 Å². The van der Waals surface area contributed by atoms with E-state index in [0.717, 1.165) is 12.1 Å². The predicted molar refractivity (Wildman–Crippen MR) is 63.4 cm³/mol. The van der Waals surface area contributed by atoms with Crippen molar-refractivity contribution in [1.29, 1.82) is 0 Å². The number of hydrogen-bond donors (Lipinski definition) is 2. The first-order valence-corrected chi connectivity index (χ1v) is 5.07. The van der Waals surface area contributed by atoms with Crippen molar-refractivity contribution < 1.29 is 15.0 Å². The number of hydrogen-bond acceptors (Lipinski definition) is 3. The van der Waals surface area contributed by atoms with Crippen LogP contribution in [-0.4, -0.2) is 48.3 Å². The molecule has 0 bridgehead atoms. The molecule has 4 nitrogen and oxygen atoms in total. The Morgan fingerprint density at radius 3 is 2.12 bits per heavy atom. The van der Waals surface area contributed by atoms with Crippen molar-refractivity contribution in [3.63, 3.8) is 0 Å². The minimum atomic E-state index is -0.786. The first kappa shape index (κ1) is 14.6. The van der Waals surface area contributed by atoms with Crippen molar-refractivity contribution in [2.24, 2.45) is 0 Å². The molecule has 0 aromatic heterocycles. The van der Waals surface area contributed by atoms with E-state index in [2.05, 4.69) is 0 Å². The average Bonchev–Trinajstić information content (AvgIpc) is 2.18. The maximum atomic E-state index is 10.2. The van der Waals surface area contributed by atoms with Crippen LogP contribution in [0, 0.1) is 0 Å². The van der Waals surface area contributed by atoms with Gasteiger partial charge in [-0.1, -0.05) is 30.3 Å². The normalized spacial score (nSPS) is 9.50. The number of likely N-dealkylation sites (N-methyl/N-ethyl adjacent to an activating group) is 1. The molecule has 0 aliphatic carbocycles. The number of nitrogens with zero attached hydrogens (tertiary/aromatic N) is 1. The number of carbonyl (C=O) groups is 1. The lowest BCUT2D eigenvalue weighted by Gasteiger charge is -2.03. The molecule has 90 valence electrons. The smallest absolute Gasteiger partial charge is 0.307 e. The lowest BCUT2D eigenvalue weighted by atomic mass is 10.2. The van der Waals surface area contributed by atoms with Gasteiger partial charge in [0.25, 0.3) is 0 Å². The number of aliphatic hydroxyl groups is 1. The third-order valence-corrected chi connectivity index (χ3v) is 1.75. The zero-order chi connectivity index (χ0) is 12.4. The van der Waals surface area contributed by atoms with Crippen LogP contribution in [0.1, 0.15) is 5.56 Å². The van der Waals surface area contributed by atoms with Gasteiger partial charge >= 0.3 is 5.97 Å². The fourth-order valence-corrected chi connectivity index (χ4v) is 0.970.